The molecule has 0 radical (unpaired) electrons. The van der Waals surface area contributed by atoms with Crippen LogP contribution >= 0.6 is 12.8 Å². The number of methoxy groups -OCH3 is 2. The summed E-state index contributed by atoms with van der Waals surface area (Å²) in [5.41, 5.74) is 5.77. The second-order valence-electron chi connectivity index (χ2n) is 5.97. The molecule has 2 amide bonds. The van der Waals surface area contributed by atoms with Gasteiger partial charge >= 0.3 is 6.03 Å². The smallest absolute Gasteiger partial charge is 0.329 e. The number of ether oxygens (including phenoxy) is 4. The summed E-state index contributed by atoms with van der Waals surface area (Å²) >= 11 is 4.08. The average Bonchev–Trinajstić information content (AvgIpc) is 2.71. The van der Waals surface area contributed by atoms with Gasteiger partial charge in [0.05, 0.1) is 19.9 Å². The van der Waals surface area contributed by atoms with Crippen LogP contribution in [-0.2, 0) is 0 Å². The Kier molecular flexibility index (Phi) is 8.13. The zero-order valence-corrected chi connectivity index (χ0v) is 17.1. The van der Waals surface area contributed by atoms with Gasteiger partial charge in [0.2, 0.25) is 6.29 Å². The Labute approximate surface area is 170 Å². The Hall–Kier alpha value is -2.74. The van der Waals surface area contributed by atoms with E-state index in [0.717, 1.165) is 17.1 Å². The first-order chi connectivity index (χ1) is 13.5. The van der Waals surface area contributed by atoms with E-state index in [1.807, 2.05) is 0 Å². The third-order valence-electron chi connectivity index (χ3n) is 3.95. The number of nitrogens with two attached hydrogens (primary N) is 1. The molecule has 0 heterocycles. The Morgan fingerprint density at radius 3 is 2.36 bits per heavy atom. The molecule has 0 aliphatic carbocycles. The van der Waals surface area contributed by atoms with E-state index in [9.17, 15) is 4.79 Å². The predicted octanol–water partition coefficient (Wildman–Crippen LogP) is 4.41. The lowest BCUT2D eigenvalue weighted by Gasteiger charge is -2.22. The van der Waals surface area contributed by atoms with Crippen molar-refractivity contribution in [1.82, 2.24) is 0 Å². The fourth-order valence-corrected chi connectivity index (χ4v) is 2.65. The standard InChI is InChI=1S/C20H26N2O5S/c1-4-5-9-19(27-16-10-11-17(24-2)18(13-16)25-3)26-15-8-6-7-14(12-15)22(28)20(21)23/h6-8,10-13,19,28H,4-5,9H2,1-3H3,(H2,21,23). The molecule has 1 atom stereocenters. The van der Waals surface area contributed by atoms with Crippen LogP contribution < -0.4 is 29.0 Å². The summed E-state index contributed by atoms with van der Waals surface area (Å²) < 4.78 is 23.7. The summed E-state index contributed by atoms with van der Waals surface area (Å²) in [6.45, 7) is 2.10. The van der Waals surface area contributed by atoms with Gasteiger partial charge in [-0.05, 0) is 30.7 Å². The number of carbonyl (C=O) groups excluding carboxylic acids is 1. The Balaban J connectivity index is 2.18. The van der Waals surface area contributed by atoms with E-state index in [1.165, 1.54) is 0 Å². The van der Waals surface area contributed by atoms with E-state index >= 15 is 0 Å². The molecule has 0 aromatic heterocycles. The molecule has 2 aromatic carbocycles. The van der Waals surface area contributed by atoms with Gasteiger partial charge in [-0.2, -0.15) is 0 Å². The molecular formula is C20H26N2O5S. The van der Waals surface area contributed by atoms with Crippen molar-refractivity contribution in [1.29, 1.82) is 0 Å². The van der Waals surface area contributed by atoms with Gasteiger partial charge < -0.3 is 24.7 Å². The van der Waals surface area contributed by atoms with Crippen LogP contribution in [0.3, 0.4) is 0 Å². The Bertz CT molecular complexity index is 787. The number of nitrogens with zero attached hydrogens (tertiary/aromatic N) is 1. The van der Waals surface area contributed by atoms with Gasteiger partial charge in [-0.25, -0.2) is 9.10 Å². The number of thiol groups is 1. The number of carbonyl (C=O) groups is 1. The van der Waals surface area contributed by atoms with Crippen molar-refractivity contribution >= 4 is 24.5 Å². The Morgan fingerprint density at radius 1 is 1.07 bits per heavy atom. The number of unbranched alkanes of at least 4 members (excludes halogenated alkanes) is 1. The molecule has 152 valence electrons. The highest BCUT2D eigenvalue weighted by Gasteiger charge is 2.16. The normalized spacial score (nSPS) is 11.4. The van der Waals surface area contributed by atoms with E-state index in [4.69, 9.17) is 24.7 Å². The first-order valence-electron chi connectivity index (χ1n) is 8.92. The molecule has 1 unspecified atom stereocenters. The maximum atomic E-state index is 11.3. The third-order valence-corrected chi connectivity index (χ3v) is 4.38. The molecule has 8 heteroatoms. The first-order valence-corrected chi connectivity index (χ1v) is 9.32. The number of anilines is 1. The molecule has 28 heavy (non-hydrogen) atoms. The number of rotatable bonds is 10. The molecule has 0 spiro atoms. The predicted molar refractivity (Wildman–Crippen MR) is 112 cm³/mol. The lowest BCUT2D eigenvalue weighted by atomic mass is 10.2. The van der Waals surface area contributed by atoms with Crippen LogP contribution in [0.2, 0.25) is 0 Å². The van der Waals surface area contributed by atoms with E-state index in [2.05, 4.69) is 19.7 Å². The highest BCUT2D eigenvalue weighted by atomic mass is 32.1. The largest absolute Gasteiger partial charge is 0.493 e. The van der Waals surface area contributed by atoms with E-state index in [1.54, 1.807) is 56.7 Å². The van der Waals surface area contributed by atoms with Crippen molar-refractivity contribution in [2.75, 3.05) is 18.5 Å². The van der Waals surface area contributed by atoms with Crippen LogP contribution in [0, 0.1) is 0 Å². The zero-order chi connectivity index (χ0) is 20.5. The summed E-state index contributed by atoms with van der Waals surface area (Å²) in [7, 11) is 3.15. The van der Waals surface area contributed by atoms with Crippen molar-refractivity contribution in [3.05, 3.63) is 42.5 Å². The van der Waals surface area contributed by atoms with Crippen LogP contribution in [0.4, 0.5) is 10.5 Å². The SMILES string of the molecule is CCCCC(Oc1cccc(N(S)C(N)=O)c1)Oc1ccc(OC)c(OC)c1. The van der Waals surface area contributed by atoms with Crippen LogP contribution in [0.1, 0.15) is 26.2 Å². The summed E-state index contributed by atoms with van der Waals surface area (Å²) in [5, 5.41) is 0. The van der Waals surface area contributed by atoms with Crippen molar-refractivity contribution < 1.29 is 23.7 Å². The molecule has 0 saturated carbocycles. The topological polar surface area (TPSA) is 83.3 Å². The maximum absolute atomic E-state index is 11.3. The zero-order valence-electron chi connectivity index (χ0n) is 16.3. The Morgan fingerprint density at radius 2 is 1.75 bits per heavy atom. The maximum Gasteiger partial charge on any atom is 0.329 e. The molecule has 7 nitrogen and oxygen atoms in total. The van der Waals surface area contributed by atoms with Crippen LogP contribution in [0.25, 0.3) is 0 Å². The molecule has 0 saturated heterocycles. The average molecular weight is 407 g/mol. The number of hydrogen-bond donors (Lipinski definition) is 2. The van der Waals surface area contributed by atoms with Crippen LogP contribution in [-0.4, -0.2) is 26.5 Å². The number of urea groups is 1. The highest BCUT2D eigenvalue weighted by molar-refractivity contribution is 7.82. The minimum absolute atomic E-state index is 0.508. The minimum Gasteiger partial charge on any atom is -0.493 e. The second kappa shape index (κ2) is 10.6. The molecule has 2 aromatic rings. The summed E-state index contributed by atoms with van der Waals surface area (Å²) in [5.74, 6) is 2.33. The molecule has 2 N–H and O–H groups in total. The fraction of sp³-hybridized carbons (Fsp3) is 0.350. The highest BCUT2D eigenvalue weighted by Crippen LogP contribution is 2.32. The lowest BCUT2D eigenvalue weighted by Crippen LogP contribution is -2.27. The van der Waals surface area contributed by atoms with Crippen molar-refractivity contribution in [2.24, 2.45) is 5.73 Å². The van der Waals surface area contributed by atoms with Gasteiger partial charge in [-0.3, -0.25) is 0 Å². The molecular weight excluding hydrogens is 380 g/mol. The van der Waals surface area contributed by atoms with E-state index in [-0.39, 0.29) is 0 Å². The second-order valence-corrected chi connectivity index (χ2v) is 6.37. The number of hydrogen-bond acceptors (Lipinski definition) is 6. The number of benzene rings is 2. The lowest BCUT2D eigenvalue weighted by molar-refractivity contribution is -0.00223. The molecule has 0 aliphatic rings. The molecule has 0 bridgehead atoms. The van der Waals surface area contributed by atoms with E-state index < -0.39 is 12.3 Å². The summed E-state index contributed by atoms with van der Waals surface area (Å²) in [6, 6.07) is 11.6. The van der Waals surface area contributed by atoms with Gasteiger partial charge in [0.15, 0.2) is 11.5 Å². The van der Waals surface area contributed by atoms with Gasteiger partial charge in [0, 0.05) is 18.6 Å². The molecule has 0 aliphatic heterocycles. The quantitative estimate of drug-likeness (QED) is 0.451. The summed E-state index contributed by atoms with van der Waals surface area (Å²) in [6.07, 6.45) is 2.10. The molecule has 2 rings (SSSR count). The monoisotopic (exact) mass is 406 g/mol. The molecule has 0 fully saturated rings. The van der Waals surface area contributed by atoms with Crippen LogP contribution in [0.15, 0.2) is 42.5 Å². The van der Waals surface area contributed by atoms with Gasteiger partial charge in [0.1, 0.15) is 11.5 Å². The van der Waals surface area contributed by atoms with Crippen molar-refractivity contribution in [2.45, 2.75) is 32.5 Å². The van der Waals surface area contributed by atoms with Crippen molar-refractivity contribution in [3.8, 4) is 23.0 Å². The van der Waals surface area contributed by atoms with Gasteiger partial charge in [0.25, 0.3) is 0 Å². The minimum atomic E-state index is -0.676. The van der Waals surface area contributed by atoms with Gasteiger partial charge in [-0.15, -0.1) is 0 Å². The van der Waals surface area contributed by atoms with Gasteiger partial charge in [-0.1, -0.05) is 32.2 Å². The summed E-state index contributed by atoms with van der Waals surface area (Å²) in [4.78, 5) is 11.3. The van der Waals surface area contributed by atoms with E-state index in [0.29, 0.717) is 35.1 Å². The van der Waals surface area contributed by atoms with Crippen molar-refractivity contribution in [3.63, 3.8) is 0 Å². The number of primary amides is 1. The third kappa shape index (κ3) is 5.88. The first kappa shape index (κ1) is 21.6. The van der Waals surface area contributed by atoms with Crippen LogP contribution in [0.5, 0.6) is 23.0 Å². The number of amides is 2. The fourth-order valence-electron chi connectivity index (χ4n) is 2.52.